The van der Waals surface area contributed by atoms with E-state index in [1.54, 1.807) is 0 Å². The second-order valence-corrected chi connectivity index (χ2v) is 12.5. The maximum absolute atomic E-state index is 14.4. The minimum Gasteiger partial charge on any atom is -0.334 e. The number of allylic oxidation sites excluding steroid dienone is 2. The van der Waals surface area contributed by atoms with E-state index in [1.165, 1.54) is 16.8 Å². The number of rotatable bonds is 5. The van der Waals surface area contributed by atoms with Crippen LogP contribution >= 0.6 is 0 Å². The van der Waals surface area contributed by atoms with Gasteiger partial charge in [0.1, 0.15) is 0 Å². The van der Waals surface area contributed by atoms with Gasteiger partial charge in [-0.1, -0.05) is 80.6 Å². The summed E-state index contributed by atoms with van der Waals surface area (Å²) in [6.45, 7) is 6.12. The van der Waals surface area contributed by atoms with Crippen LogP contribution in [0.25, 0.3) is 0 Å². The first-order valence-electron chi connectivity index (χ1n) is 14.3. The lowest BCUT2D eigenvalue weighted by atomic mass is 9.49. The van der Waals surface area contributed by atoms with Crippen LogP contribution in [-0.2, 0) is 22.7 Å². The van der Waals surface area contributed by atoms with E-state index in [-0.39, 0.29) is 22.7 Å². The van der Waals surface area contributed by atoms with Crippen LogP contribution in [0.4, 0.5) is 0 Å². The van der Waals surface area contributed by atoms with Crippen LogP contribution in [0.15, 0.2) is 72.4 Å². The molecule has 194 valence electrons. The monoisotopic (exact) mass is 496 g/mol. The van der Waals surface area contributed by atoms with Gasteiger partial charge in [-0.15, -0.1) is 0 Å². The molecule has 0 aromatic heterocycles. The quantitative estimate of drug-likeness (QED) is 0.515. The van der Waals surface area contributed by atoms with Crippen LogP contribution in [0, 0.1) is 34.5 Å². The van der Waals surface area contributed by atoms with E-state index in [1.807, 2.05) is 12.1 Å². The molecule has 1 N–H and O–H groups in total. The van der Waals surface area contributed by atoms with E-state index >= 15 is 0 Å². The van der Waals surface area contributed by atoms with Crippen LogP contribution in [0.2, 0.25) is 0 Å². The maximum atomic E-state index is 14.4. The third kappa shape index (κ3) is 4.23. The first kappa shape index (κ1) is 24.5. The summed E-state index contributed by atoms with van der Waals surface area (Å²) in [5.41, 5.74) is 3.67. The Labute approximate surface area is 221 Å². The molecule has 4 nitrogen and oxygen atoms in total. The summed E-state index contributed by atoms with van der Waals surface area (Å²) >= 11 is 0. The number of fused-ring (bicyclic) bond motifs is 5. The van der Waals surface area contributed by atoms with Crippen molar-refractivity contribution in [3.05, 3.63) is 83.6 Å². The minimum atomic E-state index is 0.0451. The average molecular weight is 497 g/mol. The molecular formula is C33H40N2O2. The molecule has 1 unspecified atom stereocenters. The first-order chi connectivity index (χ1) is 17.9. The third-order valence-electron chi connectivity index (χ3n) is 10.7. The molecule has 0 radical (unpaired) electrons. The van der Waals surface area contributed by atoms with Crippen LogP contribution in [-0.4, -0.2) is 16.7 Å². The summed E-state index contributed by atoms with van der Waals surface area (Å²) in [5, 5.41) is 3.21. The fraction of sp³-hybridized carbons (Fsp3) is 0.515. The highest BCUT2D eigenvalue weighted by Crippen LogP contribution is 2.65. The van der Waals surface area contributed by atoms with Crippen molar-refractivity contribution in [3.8, 4) is 0 Å². The molecule has 1 aliphatic heterocycles. The Morgan fingerprint density at radius 2 is 1.54 bits per heavy atom. The highest BCUT2D eigenvalue weighted by Gasteiger charge is 2.60. The maximum Gasteiger partial charge on any atom is 0.226 e. The number of carbonyl (C=O) groups is 2. The van der Waals surface area contributed by atoms with Crippen LogP contribution in [0.3, 0.4) is 0 Å². The number of benzene rings is 2. The SMILES string of the molecule is C[C@]12CCC(=O)NC1=CC[C@@H]1[C@H]2CC[C@]2(C)C(C(=O)N(Cc3ccccc3)Cc3ccccc3)CC[C@@H]12. The molecule has 2 saturated carbocycles. The number of hydrogen-bond donors (Lipinski definition) is 1. The molecule has 0 spiro atoms. The van der Waals surface area contributed by atoms with Gasteiger partial charge < -0.3 is 10.2 Å². The number of nitrogens with zero attached hydrogens (tertiary/aromatic N) is 1. The van der Waals surface area contributed by atoms with Gasteiger partial charge in [0.2, 0.25) is 11.8 Å². The Morgan fingerprint density at radius 1 is 0.892 bits per heavy atom. The lowest BCUT2D eigenvalue weighted by Gasteiger charge is -2.57. The van der Waals surface area contributed by atoms with Crippen molar-refractivity contribution in [1.29, 1.82) is 0 Å². The molecule has 3 aliphatic carbocycles. The van der Waals surface area contributed by atoms with E-state index in [9.17, 15) is 9.59 Å². The third-order valence-corrected chi connectivity index (χ3v) is 10.7. The van der Waals surface area contributed by atoms with Gasteiger partial charge in [0, 0.05) is 36.5 Å². The summed E-state index contributed by atoms with van der Waals surface area (Å²) < 4.78 is 0. The topological polar surface area (TPSA) is 49.4 Å². The molecule has 6 rings (SSSR count). The second-order valence-electron chi connectivity index (χ2n) is 12.5. The van der Waals surface area contributed by atoms with E-state index in [2.05, 4.69) is 78.7 Å². The molecule has 0 bridgehead atoms. The molecule has 1 saturated heterocycles. The minimum absolute atomic E-state index is 0.0451. The molecule has 4 heteroatoms. The molecule has 4 aliphatic rings. The number of piperidine rings is 1. The van der Waals surface area contributed by atoms with Crippen LogP contribution < -0.4 is 5.32 Å². The van der Waals surface area contributed by atoms with Gasteiger partial charge in [0.05, 0.1) is 0 Å². The molecule has 37 heavy (non-hydrogen) atoms. The van der Waals surface area contributed by atoms with Gasteiger partial charge in [-0.05, 0) is 72.8 Å². The average Bonchev–Trinajstić information content (AvgIpc) is 3.27. The number of amides is 2. The molecule has 6 atom stereocenters. The van der Waals surface area contributed by atoms with E-state index in [0.29, 0.717) is 43.2 Å². The molecule has 2 aromatic carbocycles. The normalized spacial score (nSPS) is 34.4. The predicted molar refractivity (Wildman–Crippen MR) is 146 cm³/mol. The van der Waals surface area contributed by atoms with Crippen LogP contribution in [0.1, 0.15) is 69.9 Å². The second kappa shape index (κ2) is 9.45. The number of hydrogen-bond acceptors (Lipinski definition) is 2. The number of nitrogens with one attached hydrogen (secondary N) is 1. The summed E-state index contributed by atoms with van der Waals surface area (Å²) in [6.07, 6.45) is 9.36. The van der Waals surface area contributed by atoms with Gasteiger partial charge in [0.15, 0.2) is 0 Å². The predicted octanol–water partition coefficient (Wildman–Crippen LogP) is 6.48. The van der Waals surface area contributed by atoms with Crippen molar-refractivity contribution in [2.24, 2.45) is 34.5 Å². The van der Waals surface area contributed by atoms with Crippen molar-refractivity contribution in [2.45, 2.75) is 71.9 Å². The van der Waals surface area contributed by atoms with E-state index in [0.717, 1.165) is 38.5 Å². The molecule has 2 aromatic rings. The zero-order valence-electron chi connectivity index (χ0n) is 22.3. The lowest BCUT2D eigenvalue weighted by molar-refractivity contribution is -0.144. The fourth-order valence-electron chi connectivity index (χ4n) is 8.64. The summed E-state index contributed by atoms with van der Waals surface area (Å²) in [5.74, 6) is 2.37. The zero-order chi connectivity index (χ0) is 25.6. The Morgan fingerprint density at radius 3 is 2.19 bits per heavy atom. The Balaban J connectivity index is 1.26. The zero-order valence-corrected chi connectivity index (χ0v) is 22.3. The fourth-order valence-corrected chi connectivity index (χ4v) is 8.64. The lowest BCUT2D eigenvalue weighted by Crippen LogP contribution is -2.54. The van der Waals surface area contributed by atoms with E-state index < -0.39 is 0 Å². The Hall–Kier alpha value is -2.88. The van der Waals surface area contributed by atoms with Gasteiger partial charge in [-0.3, -0.25) is 9.59 Å². The van der Waals surface area contributed by atoms with Crippen molar-refractivity contribution < 1.29 is 9.59 Å². The highest BCUT2D eigenvalue weighted by atomic mass is 16.2. The largest absolute Gasteiger partial charge is 0.334 e. The molecule has 2 amide bonds. The Kier molecular flexibility index (Phi) is 6.25. The van der Waals surface area contributed by atoms with Crippen molar-refractivity contribution in [3.63, 3.8) is 0 Å². The van der Waals surface area contributed by atoms with Gasteiger partial charge in [0.25, 0.3) is 0 Å². The van der Waals surface area contributed by atoms with Crippen molar-refractivity contribution >= 4 is 11.8 Å². The Bertz CT molecular complexity index is 1150. The molecular weight excluding hydrogens is 456 g/mol. The smallest absolute Gasteiger partial charge is 0.226 e. The molecule has 3 fully saturated rings. The van der Waals surface area contributed by atoms with Gasteiger partial charge in [-0.2, -0.15) is 0 Å². The number of carbonyl (C=O) groups excluding carboxylic acids is 2. The van der Waals surface area contributed by atoms with Crippen molar-refractivity contribution in [2.75, 3.05) is 0 Å². The molecule has 1 heterocycles. The summed E-state index contributed by atoms with van der Waals surface area (Å²) in [4.78, 5) is 28.6. The standard InChI is InChI=1S/C33H40N2O2/c1-32-19-17-27-25(13-16-29-33(27,2)20-18-30(36)34-29)26(32)14-15-28(32)31(37)35(21-23-9-5-3-6-10-23)22-24-11-7-4-8-12-24/h3-12,16,25-28H,13-15,17-22H2,1-2H3,(H,34,36)/t25-,26-,27+,28?,32-,33+/m0/s1. The van der Waals surface area contributed by atoms with Gasteiger partial charge >= 0.3 is 0 Å². The summed E-state index contributed by atoms with van der Waals surface area (Å²) in [6, 6.07) is 20.8. The van der Waals surface area contributed by atoms with Crippen LogP contribution in [0.5, 0.6) is 0 Å². The van der Waals surface area contributed by atoms with Gasteiger partial charge in [-0.25, -0.2) is 0 Å². The van der Waals surface area contributed by atoms with Crippen molar-refractivity contribution in [1.82, 2.24) is 10.2 Å². The van der Waals surface area contributed by atoms with E-state index in [4.69, 9.17) is 0 Å². The first-order valence-corrected chi connectivity index (χ1v) is 14.3. The summed E-state index contributed by atoms with van der Waals surface area (Å²) in [7, 11) is 0. The highest BCUT2D eigenvalue weighted by molar-refractivity contribution is 5.80.